The van der Waals surface area contributed by atoms with Crippen LogP contribution in [0.3, 0.4) is 0 Å². The Labute approximate surface area is 168 Å². The summed E-state index contributed by atoms with van der Waals surface area (Å²) in [5.41, 5.74) is 0.266. The third-order valence-electron chi connectivity index (χ3n) is 5.65. The quantitative estimate of drug-likeness (QED) is 0.346. The van der Waals surface area contributed by atoms with Gasteiger partial charge in [0.2, 0.25) is 0 Å². The maximum atomic E-state index is 14.7. The molecule has 1 heterocycles. The molecule has 28 heavy (non-hydrogen) atoms. The standard InChI is InChI=1S/C24H35F3O/c1-3-5-7-9-19-14-15-20(23(25)22(19)24(26)27)13-11-18-12-16-21(28-17-18)10-8-6-4-2/h11,13-15,18,21,24H,3-10,12,16-17H2,1-2H3/b13-11+. The molecule has 2 atom stereocenters. The monoisotopic (exact) mass is 396 g/mol. The first-order chi connectivity index (χ1) is 13.6. The van der Waals surface area contributed by atoms with Crippen LogP contribution in [0.25, 0.3) is 6.08 Å². The molecular formula is C24H35F3O. The maximum Gasteiger partial charge on any atom is 0.266 e. The first-order valence-electron chi connectivity index (χ1n) is 11.0. The molecule has 1 aromatic rings. The van der Waals surface area contributed by atoms with Crippen molar-refractivity contribution >= 4 is 6.08 Å². The summed E-state index contributed by atoms with van der Waals surface area (Å²) in [6.45, 7) is 4.88. The minimum atomic E-state index is -2.79. The van der Waals surface area contributed by atoms with E-state index in [2.05, 4.69) is 13.8 Å². The summed E-state index contributed by atoms with van der Waals surface area (Å²) in [4.78, 5) is 0. The second-order valence-electron chi connectivity index (χ2n) is 7.95. The molecule has 2 rings (SSSR count). The first kappa shape index (κ1) is 23.0. The van der Waals surface area contributed by atoms with Gasteiger partial charge in [-0.05, 0) is 37.7 Å². The minimum absolute atomic E-state index is 0.223. The highest BCUT2D eigenvalue weighted by Gasteiger charge is 2.22. The third-order valence-corrected chi connectivity index (χ3v) is 5.65. The van der Waals surface area contributed by atoms with Crippen LogP contribution in [-0.4, -0.2) is 12.7 Å². The molecule has 0 saturated carbocycles. The van der Waals surface area contributed by atoms with Crippen LogP contribution in [0.5, 0.6) is 0 Å². The summed E-state index contributed by atoms with van der Waals surface area (Å²) in [5.74, 6) is -0.546. The molecule has 1 fully saturated rings. The van der Waals surface area contributed by atoms with Crippen LogP contribution in [0, 0.1) is 11.7 Å². The van der Waals surface area contributed by atoms with Crippen LogP contribution in [0.4, 0.5) is 13.2 Å². The van der Waals surface area contributed by atoms with Crippen LogP contribution in [0.15, 0.2) is 18.2 Å². The summed E-state index contributed by atoms with van der Waals surface area (Å²) >= 11 is 0. The molecule has 1 saturated heterocycles. The second-order valence-corrected chi connectivity index (χ2v) is 7.95. The first-order valence-corrected chi connectivity index (χ1v) is 11.0. The fourth-order valence-electron chi connectivity index (χ4n) is 3.87. The summed E-state index contributed by atoms with van der Waals surface area (Å²) in [7, 11) is 0. The average Bonchev–Trinajstić information content (AvgIpc) is 2.68. The van der Waals surface area contributed by atoms with Gasteiger partial charge in [0.15, 0.2) is 0 Å². The van der Waals surface area contributed by atoms with Crippen LogP contribution >= 0.6 is 0 Å². The molecule has 4 heteroatoms. The SMILES string of the molecule is CCCCCc1ccc(/C=C/C2CCC(CCCCC)OC2)c(F)c1C(F)F. The van der Waals surface area contributed by atoms with E-state index in [1.54, 1.807) is 18.2 Å². The Kier molecular flexibility index (Phi) is 10.1. The van der Waals surface area contributed by atoms with Gasteiger partial charge in [0.25, 0.3) is 6.43 Å². The van der Waals surface area contributed by atoms with Crippen molar-refractivity contribution in [3.63, 3.8) is 0 Å². The fourth-order valence-corrected chi connectivity index (χ4v) is 3.87. The molecule has 158 valence electrons. The predicted octanol–water partition coefficient (Wildman–Crippen LogP) is 7.88. The lowest BCUT2D eigenvalue weighted by atomic mass is 9.94. The number of rotatable bonds is 11. The van der Waals surface area contributed by atoms with E-state index in [0.29, 0.717) is 24.7 Å². The van der Waals surface area contributed by atoms with Crippen molar-refractivity contribution in [3.8, 4) is 0 Å². The average molecular weight is 397 g/mol. The molecule has 1 aliphatic rings. The van der Waals surface area contributed by atoms with Crippen LogP contribution in [0.2, 0.25) is 0 Å². The van der Waals surface area contributed by atoms with Crippen LogP contribution in [0.1, 0.15) is 94.8 Å². The Bertz CT molecular complexity index is 604. The van der Waals surface area contributed by atoms with Crippen LogP contribution < -0.4 is 0 Å². The highest BCUT2D eigenvalue weighted by atomic mass is 19.3. The van der Waals surface area contributed by atoms with Crippen molar-refractivity contribution < 1.29 is 17.9 Å². The van der Waals surface area contributed by atoms with Crippen molar-refractivity contribution in [3.05, 3.63) is 40.7 Å². The van der Waals surface area contributed by atoms with E-state index >= 15 is 0 Å². The Morgan fingerprint density at radius 2 is 1.82 bits per heavy atom. The number of aryl methyl sites for hydroxylation is 1. The van der Waals surface area contributed by atoms with Crippen molar-refractivity contribution in [2.45, 2.75) is 90.6 Å². The maximum absolute atomic E-state index is 14.7. The normalized spacial score (nSPS) is 20.4. The van der Waals surface area contributed by atoms with Gasteiger partial charge in [0.05, 0.1) is 18.3 Å². The van der Waals surface area contributed by atoms with E-state index in [1.807, 2.05) is 6.08 Å². The number of unbranched alkanes of at least 4 members (excludes halogenated alkanes) is 4. The number of alkyl halides is 2. The van der Waals surface area contributed by atoms with Crippen molar-refractivity contribution in [2.75, 3.05) is 6.61 Å². The van der Waals surface area contributed by atoms with Crippen LogP contribution in [-0.2, 0) is 11.2 Å². The zero-order valence-corrected chi connectivity index (χ0v) is 17.4. The molecule has 0 aliphatic carbocycles. The van der Waals surface area contributed by atoms with E-state index in [-0.39, 0.29) is 11.5 Å². The van der Waals surface area contributed by atoms with Crippen molar-refractivity contribution in [1.29, 1.82) is 0 Å². The minimum Gasteiger partial charge on any atom is -0.378 e. The molecule has 2 unspecified atom stereocenters. The smallest absolute Gasteiger partial charge is 0.266 e. The van der Waals surface area contributed by atoms with E-state index in [9.17, 15) is 13.2 Å². The molecule has 0 bridgehead atoms. The molecule has 1 aliphatic heterocycles. The summed E-state index contributed by atoms with van der Waals surface area (Å²) < 4.78 is 47.6. The van der Waals surface area contributed by atoms with Gasteiger partial charge in [-0.3, -0.25) is 0 Å². The van der Waals surface area contributed by atoms with Gasteiger partial charge >= 0.3 is 0 Å². The molecule has 0 N–H and O–H groups in total. The molecular weight excluding hydrogens is 361 g/mol. The largest absolute Gasteiger partial charge is 0.378 e. The Morgan fingerprint density at radius 1 is 1.07 bits per heavy atom. The zero-order valence-electron chi connectivity index (χ0n) is 17.4. The zero-order chi connectivity index (χ0) is 20.4. The van der Waals surface area contributed by atoms with Gasteiger partial charge < -0.3 is 4.74 Å². The van der Waals surface area contributed by atoms with E-state index < -0.39 is 17.8 Å². The summed E-state index contributed by atoms with van der Waals surface area (Å²) in [5, 5.41) is 0. The third kappa shape index (κ3) is 6.95. The lowest BCUT2D eigenvalue weighted by Gasteiger charge is -2.27. The molecule has 0 spiro atoms. The van der Waals surface area contributed by atoms with Crippen molar-refractivity contribution in [1.82, 2.24) is 0 Å². The van der Waals surface area contributed by atoms with Gasteiger partial charge in [-0.25, -0.2) is 13.2 Å². The number of hydrogen-bond acceptors (Lipinski definition) is 1. The molecule has 1 nitrogen and oxygen atoms in total. The highest BCUT2D eigenvalue weighted by Crippen LogP contribution is 2.31. The number of ether oxygens (including phenoxy) is 1. The second kappa shape index (κ2) is 12.3. The summed E-state index contributed by atoms with van der Waals surface area (Å²) in [6.07, 6.45) is 11.2. The number of halogens is 3. The highest BCUT2D eigenvalue weighted by molar-refractivity contribution is 5.53. The molecule has 0 radical (unpaired) electrons. The van der Waals surface area contributed by atoms with E-state index in [1.165, 1.54) is 19.3 Å². The lowest BCUT2D eigenvalue weighted by molar-refractivity contribution is -0.00915. The number of hydrogen-bond donors (Lipinski definition) is 0. The van der Waals surface area contributed by atoms with Gasteiger partial charge in [-0.15, -0.1) is 0 Å². The Balaban J connectivity index is 1.97. The molecule has 0 amide bonds. The Morgan fingerprint density at radius 3 is 2.46 bits per heavy atom. The molecule has 1 aromatic carbocycles. The van der Waals surface area contributed by atoms with Gasteiger partial charge in [-0.2, -0.15) is 0 Å². The Hall–Kier alpha value is -1.29. The van der Waals surface area contributed by atoms with E-state index in [4.69, 9.17) is 4.74 Å². The molecule has 0 aromatic heterocycles. The number of benzene rings is 1. The lowest BCUT2D eigenvalue weighted by Crippen LogP contribution is -2.24. The van der Waals surface area contributed by atoms with Gasteiger partial charge in [0, 0.05) is 11.5 Å². The topological polar surface area (TPSA) is 9.23 Å². The van der Waals surface area contributed by atoms with Crippen molar-refractivity contribution in [2.24, 2.45) is 5.92 Å². The predicted molar refractivity (Wildman–Crippen MR) is 110 cm³/mol. The van der Waals surface area contributed by atoms with E-state index in [0.717, 1.165) is 38.5 Å². The van der Waals surface area contributed by atoms with Gasteiger partial charge in [-0.1, -0.05) is 70.2 Å². The summed E-state index contributed by atoms with van der Waals surface area (Å²) in [6, 6.07) is 3.30. The van der Waals surface area contributed by atoms with Gasteiger partial charge in [0.1, 0.15) is 5.82 Å². The fraction of sp³-hybridized carbons (Fsp3) is 0.667.